The molecule has 3 N–H and O–H groups in total. The monoisotopic (exact) mass is 205 g/mol. The number of aliphatic hydroxyl groups is 1. The first-order valence-electron chi connectivity index (χ1n) is 3.64. The van der Waals surface area contributed by atoms with E-state index in [1.807, 2.05) is 5.48 Å². The number of benzene rings is 1. The molecule has 1 atom stereocenters. The Morgan fingerprint density at radius 1 is 1.54 bits per heavy atom. The quantitative estimate of drug-likeness (QED) is 0.656. The van der Waals surface area contributed by atoms with E-state index in [0.717, 1.165) is 6.07 Å². The lowest BCUT2D eigenvalue weighted by molar-refractivity contribution is 0.0905. The summed E-state index contributed by atoms with van der Waals surface area (Å²) in [5, 5.41) is 17.7. The molecule has 0 aliphatic rings. The number of hydrogen-bond acceptors (Lipinski definition) is 3. The van der Waals surface area contributed by atoms with Crippen molar-refractivity contribution in [2.75, 3.05) is 6.61 Å². The van der Waals surface area contributed by atoms with Gasteiger partial charge in [-0.05, 0) is 23.8 Å². The van der Waals surface area contributed by atoms with Crippen LogP contribution in [-0.2, 0) is 0 Å². The van der Waals surface area contributed by atoms with Gasteiger partial charge in [0.2, 0.25) is 0 Å². The van der Waals surface area contributed by atoms with E-state index < -0.39 is 11.9 Å². The van der Waals surface area contributed by atoms with Crippen LogP contribution in [-0.4, -0.2) is 16.9 Å². The zero-order valence-electron chi connectivity index (χ0n) is 6.67. The van der Waals surface area contributed by atoms with Gasteiger partial charge >= 0.3 is 0 Å². The zero-order valence-corrected chi connectivity index (χ0v) is 7.42. The fraction of sp³-hybridized carbons (Fsp3) is 0.250. The normalized spacial score (nSPS) is 12.9. The van der Waals surface area contributed by atoms with Gasteiger partial charge in [-0.25, -0.2) is 4.39 Å². The molecule has 0 aromatic heterocycles. The van der Waals surface area contributed by atoms with Crippen LogP contribution in [0.2, 0.25) is 5.02 Å². The molecule has 0 unspecified atom stereocenters. The highest BCUT2D eigenvalue weighted by atomic mass is 35.5. The van der Waals surface area contributed by atoms with E-state index in [1.54, 1.807) is 0 Å². The van der Waals surface area contributed by atoms with E-state index in [9.17, 15) is 4.39 Å². The average molecular weight is 206 g/mol. The summed E-state index contributed by atoms with van der Waals surface area (Å²) in [7, 11) is 0. The van der Waals surface area contributed by atoms with Crippen molar-refractivity contribution in [3.8, 4) is 0 Å². The molecule has 0 bridgehead atoms. The summed E-state index contributed by atoms with van der Waals surface area (Å²) < 4.78 is 12.7. The number of aliphatic hydroxyl groups excluding tert-OH is 1. The third-order valence-electron chi connectivity index (χ3n) is 1.67. The number of nitrogens with one attached hydrogen (secondary N) is 1. The minimum Gasteiger partial charge on any atom is -0.394 e. The third kappa shape index (κ3) is 2.38. The lowest BCUT2D eigenvalue weighted by Gasteiger charge is -2.13. The minimum atomic E-state index is -0.761. The Hall–Kier alpha value is -0.680. The molecule has 0 aliphatic carbocycles. The number of hydrogen-bond donors (Lipinski definition) is 3. The lowest BCUT2D eigenvalue weighted by atomic mass is 10.1. The molecule has 0 aliphatic heterocycles. The van der Waals surface area contributed by atoms with E-state index in [4.69, 9.17) is 21.9 Å². The summed E-state index contributed by atoms with van der Waals surface area (Å²) in [4.78, 5) is 0. The van der Waals surface area contributed by atoms with Crippen LogP contribution >= 0.6 is 11.6 Å². The van der Waals surface area contributed by atoms with Gasteiger partial charge in [0.05, 0.1) is 12.6 Å². The molecule has 3 nitrogen and oxygen atoms in total. The van der Waals surface area contributed by atoms with E-state index in [-0.39, 0.29) is 6.61 Å². The first-order valence-corrected chi connectivity index (χ1v) is 4.02. The van der Waals surface area contributed by atoms with Crippen molar-refractivity contribution >= 4 is 11.6 Å². The summed E-state index contributed by atoms with van der Waals surface area (Å²) in [6.07, 6.45) is 0. The number of halogens is 2. The van der Waals surface area contributed by atoms with Crippen molar-refractivity contribution in [3.05, 3.63) is 34.6 Å². The molecule has 0 fully saturated rings. The molecule has 0 heterocycles. The van der Waals surface area contributed by atoms with Gasteiger partial charge in [-0.2, -0.15) is 5.48 Å². The first kappa shape index (κ1) is 10.4. The van der Waals surface area contributed by atoms with Crippen molar-refractivity contribution in [2.45, 2.75) is 6.04 Å². The maximum atomic E-state index is 12.7. The lowest BCUT2D eigenvalue weighted by Crippen LogP contribution is -2.21. The molecular weight excluding hydrogens is 197 g/mol. The SMILES string of the molecule is OC[C@H](NO)c1cc(F)ccc1Cl. The van der Waals surface area contributed by atoms with Crippen LogP contribution in [0.15, 0.2) is 18.2 Å². The van der Waals surface area contributed by atoms with Gasteiger partial charge in [-0.3, -0.25) is 0 Å². The molecule has 13 heavy (non-hydrogen) atoms. The van der Waals surface area contributed by atoms with Gasteiger partial charge in [0.25, 0.3) is 0 Å². The highest BCUT2D eigenvalue weighted by Crippen LogP contribution is 2.23. The fourth-order valence-corrected chi connectivity index (χ4v) is 1.24. The van der Waals surface area contributed by atoms with Crippen LogP contribution < -0.4 is 5.48 Å². The predicted octanol–water partition coefficient (Wildman–Crippen LogP) is 1.49. The van der Waals surface area contributed by atoms with Gasteiger partial charge in [-0.15, -0.1) is 0 Å². The Labute approximate surface area is 79.7 Å². The number of rotatable bonds is 3. The van der Waals surface area contributed by atoms with E-state index >= 15 is 0 Å². The standard InChI is InChI=1S/C8H9ClFNO2/c9-7-2-1-5(10)3-6(7)8(4-12)11-13/h1-3,8,11-13H,4H2/t8-/m0/s1. The van der Waals surface area contributed by atoms with Crippen LogP contribution in [0.5, 0.6) is 0 Å². The van der Waals surface area contributed by atoms with Crippen molar-refractivity contribution < 1.29 is 14.7 Å². The molecular formula is C8H9ClFNO2. The number of hydroxylamine groups is 1. The summed E-state index contributed by atoms with van der Waals surface area (Å²) in [5.41, 5.74) is 2.16. The van der Waals surface area contributed by atoms with Gasteiger partial charge in [0.15, 0.2) is 0 Å². The Morgan fingerprint density at radius 2 is 2.23 bits per heavy atom. The van der Waals surface area contributed by atoms with Crippen LogP contribution in [0.4, 0.5) is 4.39 Å². The fourth-order valence-electron chi connectivity index (χ4n) is 0.990. The van der Waals surface area contributed by atoms with Crippen LogP contribution in [0.25, 0.3) is 0 Å². The molecule has 5 heteroatoms. The van der Waals surface area contributed by atoms with E-state index in [1.165, 1.54) is 12.1 Å². The maximum absolute atomic E-state index is 12.7. The van der Waals surface area contributed by atoms with Gasteiger partial charge in [-0.1, -0.05) is 11.6 Å². The highest BCUT2D eigenvalue weighted by molar-refractivity contribution is 6.31. The molecule has 0 saturated heterocycles. The van der Waals surface area contributed by atoms with E-state index in [0.29, 0.717) is 10.6 Å². The van der Waals surface area contributed by atoms with E-state index in [2.05, 4.69) is 0 Å². The second-order valence-electron chi connectivity index (χ2n) is 2.53. The van der Waals surface area contributed by atoms with Crippen molar-refractivity contribution in [2.24, 2.45) is 0 Å². The molecule has 72 valence electrons. The maximum Gasteiger partial charge on any atom is 0.123 e. The van der Waals surface area contributed by atoms with Crippen molar-refractivity contribution in [1.82, 2.24) is 5.48 Å². The summed E-state index contributed by atoms with van der Waals surface area (Å²) in [6, 6.07) is 2.97. The van der Waals surface area contributed by atoms with Crippen LogP contribution in [0.1, 0.15) is 11.6 Å². The molecule has 1 aromatic rings. The van der Waals surface area contributed by atoms with Gasteiger partial charge in [0.1, 0.15) is 5.82 Å². The van der Waals surface area contributed by atoms with Gasteiger partial charge < -0.3 is 10.3 Å². The Balaban J connectivity index is 3.03. The summed E-state index contributed by atoms with van der Waals surface area (Å²) >= 11 is 5.72. The summed E-state index contributed by atoms with van der Waals surface area (Å²) in [5.74, 6) is -0.465. The summed E-state index contributed by atoms with van der Waals surface area (Å²) in [6.45, 7) is -0.361. The van der Waals surface area contributed by atoms with Crippen molar-refractivity contribution in [1.29, 1.82) is 0 Å². The van der Waals surface area contributed by atoms with Crippen molar-refractivity contribution in [3.63, 3.8) is 0 Å². The largest absolute Gasteiger partial charge is 0.394 e. The highest BCUT2D eigenvalue weighted by Gasteiger charge is 2.13. The molecule has 1 rings (SSSR count). The molecule has 0 radical (unpaired) electrons. The third-order valence-corrected chi connectivity index (χ3v) is 2.02. The predicted molar refractivity (Wildman–Crippen MR) is 46.2 cm³/mol. The molecule has 0 amide bonds. The zero-order chi connectivity index (χ0) is 9.84. The second-order valence-corrected chi connectivity index (χ2v) is 2.94. The topological polar surface area (TPSA) is 52.5 Å². The molecule has 0 spiro atoms. The second kappa shape index (κ2) is 4.53. The van der Waals surface area contributed by atoms with Crippen LogP contribution in [0.3, 0.4) is 0 Å². The minimum absolute atomic E-state index is 0.294. The van der Waals surface area contributed by atoms with Gasteiger partial charge in [0, 0.05) is 5.02 Å². The van der Waals surface area contributed by atoms with Crippen LogP contribution in [0, 0.1) is 5.82 Å². The Bertz CT molecular complexity index is 291. The average Bonchev–Trinajstić information content (AvgIpc) is 2.13. The first-order chi connectivity index (χ1) is 6.19. The molecule has 1 aromatic carbocycles. The Kier molecular flexibility index (Phi) is 3.62. The smallest absolute Gasteiger partial charge is 0.123 e. The molecule has 0 saturated carbocycles. The Morgan fingerprint density at radius 3 is 2.77 bits per heavy atom.